The van der Waals surface area contributed by atoms with Gasteiger partial charge in [-0.3, -0.25) is 4.57 Å². The second kappa shape index (κ2) is 3.41. The summed E-state index contributed by atoms with van der Waals surface area (Å²) in [5.41, 5.74) is 0.966. The van der Waals surface area contributed by atoms with E-state index in [2.05, 4.69) is 15.9 Å². The van der Waals surface area contributed by atoms with Crippen molar-refractivity contribution in [3.05, 3.63) is 34.4 Å². The maximum atomic E-state index is 10.9. The highest BCUT2D eigenvalue weighted by molar-refractivity contribution is 9.10. The van der Waals surface area contributed by atoms with Crippen molar-refractivity contribution in [1.29, 1.82) is 5.26 Å². The molecule has 0 spiro atoms. The second-order valence-electron chi connectivity index (χ2n) is 2.97. The quantitative estimate of drug-likeness (QED) is 0.796. The molecule has 0 atom stereocenters. The zero-order chi connectivity index (χ0) is 11.0. The highest BCUT2D eigenvalue weighted by Gasteiger charge is 2.10. The minimum absolute atomic E-state index is 0.458. The summed E-state index contributed by atoms with van der Waals surface area (Å²) in [7, 11) is 0. The predicted molar refractivity (Wildman–Crippen MR) is 57.8 cm³/mol. The smallest absolute Gasteiger partial charge is 0.416 e. The van der Waals surface area contributed by atoms with Crippen molar-refractivity contribution in [2.75, 3.05) is 0 Å². The normalized spacial score (nSPS) is 10.1. The highest BCUT2D eigenvalue weighted by Crippen LogP contribution is 2.24. The molecule has 5 heteroatoms. The number of carboxylic acid groups (broad SMARTS) is 1. The molecule has 0 bridgehead atoms. The zero-order valence-corrected chi connectivity index (χ0v) is 9.02. The average Bonchev–Trinajstić information content (AvgIpc) is 2.59. The van der Waals surface area contributed by atoms with E-state index < -0.39 is 6.09 Å². The molecule has 1 N–H and O–H groups in total. The number of nitriles is 1. The Morgan fingerprint density at radius 3 is 2.87 bits per heavy atom. The lowest BCUT2D eigenvalue weighted by Crippen LogP contribution is -2.05. The van der Waals surface area contributed by atoms with Gasteiger partial charge in [0.05, 0.1) is 17.1 Å². The molecule has 1 aromatic carbocycles. The summed E-state index contributed by atoms with van der Waals surface area (Å²) in [5.74, 6) is 0. The van der Waals surface area contributed by atoms with Crippen molar-refractivity contribution in [2.24, 2.45) is 0 Å². The largest absolute Gasteiger partial charge is 0.464 e. The van der Waals surface area contributed by atoms with Gasteiger partial charge in [0.15, 0.2) is 0 Å². The molecule has 0 aliphatic heterocycles. The molecular formula is C10H5BrN2O2. The third-order valence-corrected chi connectivity index (χ3v) is 2.56. The molecule has 0 aliphatic rings. The molecule has 0 fully saturated rings. The number of hydrogen-bond acceptors (Lipinski definition) is 2. The molecule has 4 nitrogen and oxygen atoms in total. The summed E-state index contributed by atoms with van der Waals surface area (Å²) in [6.45, 7) is 0. The molecule has 1 heterocycles. The van der Waals surface area contributed by atoms with E-state index in [4.69, 9.17) is 10.4 Å². The van der Waals surface area contributed by atoms with Crippen LogP contribution in [0.5, 0.6) is 0 Å². The summed E-state index contributed by atoms with van der Waals surface area (Å²) in [4.78, 5) is 10.9. The van der Waals surface area contributed by atoms with E-state index in [0.29, 0.717) is 20.9 Å². The Hall–Kier alpha value is -1.80. The Morgan fingerprint density at radius 1 is 1.53 bits per heavy atom. The van der Waals surface area contributed by atoms with Crippen molar-refractivity contribution in [3.8, 4) is 6.07 Å². The molecule has 0 saturated carbocycles. The standard InChI is InChI=1S/C10H5BrN2O2/c11-7-3-6(5-12)8-1-2-13(10(14)15)9(8)4-7/h1-4H,(H,14,15). The van der Waals surface area contributed by atoms with Crippen molar-refractivity contribution in [3.63, 3.8) is 0 Å². The number of aromatic nitrogens is 1. The van der Waals surface area contributed by atoms with Gasteiger partial charge in [0, 0.05) is 16.1 Å². The fraction of sp³-hybridized carbons (Fsp3) is 0. The Bertz CT molecular complexity index is 595. The minimum atomic E-state index is -1.06. The van der Waals surface area contributed by atoms with Gasteiger partial charge in [0.1, 0.15) is 0 Å². The van der Waals surface area contributed by atoms with E-state index in [9.17, 15) is 4.79 Å². The number of fused-ring (bicyclic) bond motifs is 1. The first-order chi connectivity index (χ1) is 7.13. The third kappa shape index (κ3) is 1.49. The molecule has 0 radical (unpaired) electrons. The molecule has 15 heavy (non-hydrogen) atoms. The van der Waals surface area contributed by atoms with Gasteiger partial charge in [-0.05, 0) is 18.2 Å². The summed E-state index contributed by atoms with van der Waals surface area (Å²) in [6, 6.07) is 6.98. The molecule has 0 saturated heterocycles. The lowest BCUT2D eigenvalue weighted by Gasteiger charge is -1.99. The molecule has 0 unspecified atom stereocenters. The number of hydrogen-bond donors (Lipinski definition) is 1. The number of nitrogens with zero attached hydrogens (tertiary/aromatic N) is 2. The van der Waals surface area contributed by atoms with Gasteiger partial charge >= 0.3 is 6.09 Å². The summed E-state index contributed by atoms with van der Waals surface area (Å²) in [6.07, 6.45) is 0.368. The van der Waals surface area contributed by atoms with Gasteiger partial charge < -0.3 is 5.11 Å². The van der Waals surface area contributed by atoms with Gasteiger partial charge in [-0.15, -0.1) is 0 Å². The minimum Gasteiger partial charge on any atom is -0.464 e. The molecule has 0 amide bonds. The van der Waals surface area contributed by atoms with E-state index in [1.165, 1.54) is 6.20 Å². The fourth-order valence-electron chi connectivity index (χ4n) is 1.47. The third-order valence-electron chi connectivity index (χ3n) is 2.10. The molecule has 74 valence electrons. The highest BCUT2D eigenvalue weighted by atomic mass is 79.9. The molecule has 2 aromatic rings. The Balaban J connectivity index is 2.88. The fourth-order valence-corrected chi connectivity index (χ4v) is 1.91. The molecule has 2 rings (SSSR count). The molecular weight excluding hydrogens is 260 g/mol. The maximum Gasteiger partial charge on any atom is 0.416 e. The van der Waals surface area contributed by atoms with Gasteiger partial charge in [-0.2, -0.15) is 5.26 Å². The molecule has 0 aliphatic carbocycles. The first kappa shape index (κ1) is 9.74. The Morgan fingerprint density at radius 2 is 2.27 bits per heavy atom. The van der Waals surface area contributed by atoms with Crippen molar-refractivity contribution < 1.29 is 9.90 Å². The number of halogens is 1. The van der Waals surface area contributed by atoms with Gasteiger partial charge in [-0.25, -0.2) is 4.79 Å². The molecule has 1 aromatic heterocycles. The van der Waals surface area contributed by atoms with Crippen LogP contribution < -0.4 is 0 Å². The maximum absolute atomic E-state index is 10.9. The van der Waals surface area contributed by atoms with Gasteiger partial charge in [0.2, 0.25) is 0 Å². The summed E-state index contributed by atoms with van der Waals surface area (Å²) >= 11 is 3.23. The van der Waals surface area contributed by atoms with Crippen LogP contribution in [-0.2, 0) is 0 Å². The van der Waals surface area contributed by atoms with E-state index in [-0.39, 0.29) is 0 Å². The Kier molecular flexibility index (Phi) is 2.21. The van der Waals surface area contributed by atoms with Crippen molar-refractivity contribution >= 4 is 32.9 Å². The van der Waals surface area contributed by atoms with Crippen LogP contribution in [0.25, 0.3) is 10.9 Å². The van der Waals surface area contributed by atoms with E-state index in [0.717, 1.165) is 4.57 Å². The van der Waals surface area contributed by atoms with Crippen LogP contribution in [0.15, 0.2) is 28.9 Å². The zero-order valence-electron chi connectivity index (χ0n) is 7.44. The van der Waals surface area contributed by atoms with Crippen LogP contribution >= 0.6 is 15.9 Å². The predicted octanol–water partition coefficient (Wildman–Crippen LogP) is 2.80. The van der Waals surface area contributed by atoms with E-state index >= 15 is 0 Å². The van der Waals surface area contributed by atoms with Crippen molar-refractivity contribution in [1.82, 2.24) is 4.57 Å². The van der Waals surface area contributed by atoms with Gasteiger partial charge in [0.25, 0.3) is 0 Å². The SMILES string of the molecule is N#Cc1cc(Br)cc2c1ccn2C(=O)O. The lowest BCUT2D eigenvalue weighted by atomic mass is 10.1. The van der Waals surface area contributed by atoms with E-state index in [1.807, 2.05) is 6.07 Å². The van der Waals surface area contributed by atoms with E-state index in [1.54, 1.807) is 18.2 Å². The Labute approximate surface area is 93.5 Å². The monoisotopic (exact) mass is 264 g/mol. The first-order valence-electron chi connectivity index (χ1n) is 4.07. The second-order valence-corrected chi connectivity index (χ2v) is 3.88. The number of carbonyl (C=O) groups is 1. The lowest BCUT2D eigenvalue weighted by molar-refractivity contribution is 0.197. The van der Waals surface area contributed by atoms with Crippen LogP contribution in [0.2, 0.25) is 0 Å². The summed E-state index contributed by atoms with van der Waals surface area (Å²) in [5, 5.41) is 18.4. The van der Waals surface area contributed by atoms with Crippen LogP contribution in [0.1, 0.15) is 5.56 Å². The van der Waals surface area contributed by atoms with Crippen molar-refractivity contribution in [2.45, 2.75) is 0 Å². The number of benzene rings is 1. The van der Waals surface area contributed by atoms with Crippen LogP contribution in [0.4, 0.5) is 4.79 Å². The summed E-state index contributed by atoms with van der Waals surface area (Å²) < 4.78 is 1.77. The van der Waals surface area contributed by atoms with Crippen LogP contribution in [-0.4, -0.2) is 15.8 Å². The van der Waals surface area contributed by atoms with Gasteiger partial charge in [-0.1, -0.05) is 15.9 Å². The first-order valence-corrected chi connectivity index (χ1v) is 4.87. The topological polar surface area (TPSA) is 66.0 Å². The van der Waals surface area contributed by atoms with Crippen LogP contribution in [0, 0.1) is 11.3 Å². The average molecular weight is 265 g/mol. The number of rotatable bonds is 0. The van der Waals surface area contributed by atoms with Crippen LogP contribution in [0.3, 0.4) is 0 Å².